The average molecular weight is 389 g/mol. The van der Waals surface area contributed by atoms with Gasteiger partial charge in [0, 0.05) is 20.4 Å². The van der Waals surface area contributed by atoms with Crippen LogP contribution >= 0.6 is 34.4 Å². The topological polar surface area (TPSA) is 29.1 Å². The molecule has 1 saturated carbocycles. The van der Waals surface area contributed by atoms with Gasteiger partial charge in [-0.05, 0) is 59.9 Å². The second kappa shape index (κ2) is 6.97. The third-order valence-corrected chi connectivity index (χ3v) is 5.95. The van der Waals surface area contributed by atoms with Crippen LogP contribution in [0.15, 0.2) is 24.3 Å². The molecule has 104 valence electrons. The zero-order valence-electron chi connectivity index (χ0n) is 11.2. The van der Waals surface area contributed by atoms with E-state index in [1.165, 1.54) is 32.1 Å². The van der Waals surface area contributed by atoms with E-state index in [1.807, 2.05) is 36.0 Å². The molecule has 2 rings (SSSR count). The van der Waals surface area contributed by atoms with Gasteiger partial charge in [-0.25, -0.2) is 0 Å². The van der Waals surface area contributed by atoms with Crippen molar-refractivity contribution in [3.8, 4) is 0 Å². The third-order valence-electron chi connectivity index (χ3n) is 3.86. The van der Waals surface area contributed by atoms with Crippen molar-refractivity contribution < 1.29 is 4.79 Å². The highest BCUT2D eigenvalue weighted by Crippen LogP contribution is 2.37. The minimum atomic E-state index is 0.0533. The molecule has 0 unspecified atom stereocenters. The number of nitrogens with one attached hydrogen (secondary N) is 1. The summed E-state index contributed by atoms with van der Waals surface area (Å²) >= 11 is 4.15. The zero-order valence-corrected chi connectivity index (χ0v) is 14.2. The second-order valence-corrected chi connectivity index (χ2v) is 7.66. The molecule has 1 N–H and O–H groups in total. The van der Waals surface area contributed by atoms with E-state index in [2.05, 4.69) is 34.2 Å². The number of benzene rings is 1. The Kier molecular flexibility index (Phi) is 5.57. The summed E-state index contributed by atoms with van der Waals surface area (Å²) < 4.78 is 1.36. The highest BCUT2D eigenvalue weighted by Gasteiger charge is 2.31. The number of carbonyl (C=O) groups is 1. The number of rotatable bonds is 4. The molecule has 1 aromatic carbocycles. The average Bonchev–Trinajstić information content (AvgIpc) is 2.46. The second-order valence-electron chi connectivity index (χ2n) is 5.14. The molecule has 1 aromatic rings. The van der Waals surface area contributed by atoms with Crippen molar-refractivity contribution in [1.29, 1.82) is 0 Å². The van der Waals surface area contributed by atoms with Crippen LogP contribution in [-0.2, 0) is 0 Å². The molecule has 0 aromatic heterocycles. The lowest BCUT2D eigenvalue weighted by atomic mass is 9.88. The highest BCUT2D eigenvalue weighted by atomic mass is 127. The van der Waals surface area contributed by atoms with Crippen molar-refractivity contribution in [3.05, 3.63) is 33.4 Å². The van der Waals surface area contributed by atoms with Gasteiger partial charge in [0.2, 0.25) is 0 Å². The normalized spacial score (nSPS) is 18.0. The Morgan fingerprint density at radius 3 is 2.74 bits per heavy atom. The summed E-state index contributed by atoms with van der Waals surface area (Å²) in [6.07, 6.45) is 8.54. The lowest BCUT2D eigenvalue weighted by Crippen LogP contribution is -2.41. The van der Waals surface area contributed by atoms with Crippen LogP contribution < -0.4 is 5.32 Å². The van der Waals surface area contributed by atoms with E-state index in [-0.39, 0.29) is 10.7 Å². The van der Waals surface area contributed by atoms with Crippen molar-refractivity contribution in [2.45, 2.75) is 36.9 Å². The van der Waals surface area contributed by atoms with Crippen molar-refractivity contribution >= 4 is 40.3 Å². The smallest absolute Gasteiger partial charge is 0.251 e. The molecule has 1 aliphatic carbocycles. The molecule has 2 nitrogen and oxygen atoms in total. The first kappa shape index (κ1) is 15.2. The van der Waals surface area contributed by atoms with Gasteiger partial charge in [0.1, 0.15) is 0 Å². The number of hydrogen-bond donors (Lipinski definition) is 1. The van der Waals surface area contributed by atoms with E-state index < -0.39 is 0 Å². The molecule has 1 amide bonds. The molecule has 0 bridgehead atoms. The molecule has 0 spiro atoms. The van der Waals surface area contributed by atoms with Crippen LogP contribution in [0.25, 0.3) is 0 Å². The van der Waals surface area contributed by atoms with Gasteiger partial charge in [0.25, 0.3) is 5.91 Å². The summed E-state index contributed by atoms with van der Waals surface area (Å²) in [5, 5.41) is 3.12. The fourth-order valence-electron chi connectivity index (χ4n) is 2.62. The summed E-state index contributed by atoms with van der Waals surface area (Å²) in [6.45, 7) is 0.790. The first-order chi connectivity index (χ1) is 9.15. The summed E-state index contributed by atoms with van der Waals surface area (Å²) in [6, 6.07) is 7.75. The van der Waals surface area contributed by atoms with Crippen molar-refractivity contribution in [2.24, 2.45) is 0 Å². The lowest BCUT2D eigenvalue weighted by molar-refractivity contribution is 0.0947. The van der Waals surface area contributed by atoms with Crippen molar-refractivity contribution in [3.63, 3.8) is 0 Å². The molecule has 4 heteroatoms. The molecular weight excluding hydrogens is 369 g/mol. The van der Waals surface area contributed by atoms with Crippen LogP contribution in [0.1, 0.15) is 42.5 Å². The van der Waals surface area contributed by atoms with Gasteiger partial charge in [-0.2, -0.15) is 11.8 Å². The van der Waals surface area contributed by atoms with Crippen molar-refractivity contribution in [2.75, 3.05) is 12.8 Å². The third kappa shape index (κ3) is 4.12. The maximum absolute atomic E-state index is 12.2. The van der Waals surface area contributed by atoms with E-state index in [9.17, 15) is 4.79 Å². The van der Waals surface area contributed by atoms with Crippen LogP contribution in [0, 0.1) is 3.57 Å². The number of thioether (sulfide) groups is 1. The van der Waals surface area contributed by atoms with Gasteiger partial charge in [-0.3, -0.25) is 4.79 Å². The lowest BCUT2D eigenvalue weighted by Gasteiger charge is -2.35. The number of amides is 1. The summed E-state index contributed by atoms with van der Waals surface area (Å²) in [5.41, 5.74) is 0.763. The molecule has 19 heavy (non-hydrogen) atoms. The zero-order chi connectivity index (χ0) is 13.7. The first-order valence-electron chi connectivity index (χ1n) is 6.74. The van der Waals surface area contributed by atoms with E-state index in [0.717, 1.165) is 15.7 Å². The van der Waals surface area contributed by atoms with Gasteiger partial charge >= 0.3 is 0 Å². The molecule has 0 saturated heterocycles. The Bertz CT molecular complexity index is 444. The van der Waals surface area contributed by atoms with Gasteiger partial charge in [0.15, 0.2) is 0 Å². The molecule has 1 aliphatic rings. The summed E-state index contributed by atoms with van der Waals surface area (Å²) in [7, 11) is 0. The fraction of sp³-hybridized carbons (Fsp3) is 0.533. The molecule has 0 atom stereocenters. The van der Waals surface area contributed by atoms with Crippen LogP contribution in [0.3, 0.4) is 0 Å². The SMILES string of the molecule is CSC1(CNC(=O)c2cccc(I)c2)CCCCC1. The maximum atomic E-state index is 12.2. The quantitative estimate of drug-likeness (QED) is 0.787. The summed E-state index contributed by atoms with van der Waals surface area (Å²) in [4.78, 5) is 12.2. The Morgan fingerprint density at radius 1 is 1.37 bits per heavy atom. The molecule has 0 radical (unpaired) electrons. The standard InChI is InChI=1S/C15H20INOS/c1-19-15(8-3-2-4-9-15)11-17-14(18)12-6-5-7-13(16)10-12/h5-7,10H,2-4,8-9,11H2,1H3,(H,17,18). The maximum Gasteiger partial charge on any atom is 0.251 e. The Balaban J connectivity index is 1.95. The first-order valence-corrected chi connectivity index (χ1v) is 9.04. The Labute approximate surface area is 133 Å². The van der Waals surface area contributed by atoms with E-state index in [0.29, 0.717) is 0 Å². The van der Waals surface area contributed by atoms with E-state index >= 15 is 0 Å². The molecular formula is C15H20INOS. The number of halogens is 1. The van der Waals surface area contributed by atoms with Gasteiger partial charge in [-0.15, -0.1) is 0 Å². The van der Waals surface area contributed by atoms with Crippen molar-refractivity contribution in [1.82, 2.24) is 5.32 Å². The molecule has 1 fully saturated rings. The van der Waals surface area contributed by atoms with Crippen LogP contribution in [0.2, 0.25) is 0 Å². The van der Waals surface area contributed by atoms with Gasteiger partial charge < -0.3 is 5.32 Å². The minimum absolute atomic E-state index is 0.0533. The Morgan fingerprint density at radius 2 is 2.11 bits per heavy atom. The highest BCUT2D eigenvalue weighted by molar-refractivity contribution is 14.1. The van der Waals surface area contributed by atoms with Gasteiger partial charge in [0.05, 0.1) is 0 Å². The minimum Gasteiger partial charge on any atom is -0.351 e. The summed E-state index contributed by atoms with van der Waals surface area (Å²) in [5.74, 6) is 0.0533. The van der Waals surface area contributed by atoms with E-state index in [4.69, 9.17) is 0 Å². The molecule has 0 heterocycles. The largest absolute Gasteiger partial charge is 0.351 e. The number of hydrogen-bond acceptors (Lipinski definition) is 2. The van der Waals surface area contributed by atoms with Crippen LogP contribution in [-0.4, -0.2) is 23.5 Å². The molecule has 0 aliphatic heterocycles. The number of carbonyl (C=O) groups excluding carboxylic acids is 1. The monoisotopic (exact) mass is 389 g/mol. The van der Waals surface area contributed by atoms with Crippen LogP contribution in [0.5, 0.6) is 0 Å². The Hall–Kier alpha value is -0.230. The van der Waals surface area contributed by atoms with Crippen LogP contribution in [0.4, 0.5) is 0 Å². The predicted molar refractivity (Wildman–Crippen MR) is 90.8 cm³/mol. The fourth-order valence-corrected chi connectivity index (χ4v) is 4.08. The predicted octanol–water partition coefficient (Wildman–Crippen LogP) is 4.09. The van der Waals surface area contributed by atoms with E-state index in [1.54, 1.807) is 0 Å². The van der Waals surface area contributed by atoms with Gasteiger partial charge in [-0.1, -0.05) is 25.3 Å².